The van der Waals surface area contributed by atoms with Gasteiger partial charge in [-0.15, -0.1) is 0 Å². The first-order valence-electron chi connectivity index (χ1n) is 14.4. The SMILES string of the molecule is CCCCCCCCCCCCC/C=C/[C@@H](OC(=O)c1ccccc1)[C@H](CO)NC(=O)CCCCC. The molecule has 5 heteroatoms. The van der Waals surface area contributed by atoms with E-state index < -0.39 is 18.1 Å². The van der Waals surface area contributed by atoms with Gasteiger partial charge in [0.1, 0.15) is 6.10 Å². The summed E-state index contributed by atoms with van der Waals surface area (Å²) >= 11 is 0. The molecule has 0 aromatic heterocycles. The van der Waals surface area contributed by atoms with E-state index in [1.807, 2.05) is 18.2 Å². The predicted molar refractivity (Wildman–Crippen MR) is 149 cm³/mol. The quantitative estimate of drug-likeness (QED) is 0.0978. The van der Waals surface area contributed by atoms with Gasteiger partial charge in [0, 0.05) is 6.42 Å². The van der Waals surface area contributed by atoms with E-state index in [-0.39, 0.29) is 12.5 Å². The predicted octanol–water partition coefficient (Wildman–Crippen LogP) is 7.53. The molecular weight excluding hydrogens is 450 g/mol. The lowest BCUT2D eigenvalue weighted by molar-refractivity contribution is -0.123. The highest BCUT2D eigenvalue weighted by molar-refractivity contribution is 5.89. The van der Waals surface area contributed by atoms with Crippen LogP contribution < -0.4 is 5.32 Å². The molecule has 204 valence electrons. The third-order valence-corrected chi connectivity index (χ3v) is 6.50. The van der Waals surface area contributed by atoms with Crippen molar-refractivity contribution in [3.05, 3.63) is 48.0 Å². The minimum atomic E-state index is -0.717. The smallest absolute Gasteiger partial charge is 0.338 e. The van der Waals surface area contributed by atoms with Crippen molar-refractivity contribution < 1.29 is 19.4 Å². The molecule has 0 aliphatic rings. The number of ether oxygens (including phenoxy) is 1. The Balaban J connectivity index is 2.48. The minimum absolute atomic E-state index is 0.123. The molecule has 1 aromatic rings. The van der Waals surface area contributed by atoms with Gasteiger partial charge in [-0.05, 0) is 37.5 Å². The number of carbonyl (C=O) groups is 2. The monoisotopic (exact) mass is 501 g/mol. The highest BCUT2D eigenvalue weighted by Gasteiger charge is 2.24. The molecule has 1 rings (SSSR count). The van der Waals surface area contributed by atoms with Crippen LogP contribution >= 0.6 is 0 Å². The van der Waals surface area contributed by atoms with E-state index in [1.165, 1.54) is 64.2 Å². The van der Waals surface area contributed by atoms with E-state index in [4.69, 9.17) is 4.74 Å². The molecule has 0 aliphatic heterocycles. The summed E-state index contributed by atoms with van der Waals surface area (Å²) in [6, 6.07) is 8.15. The Labute approximate surface area is 220 Å². The molecule has 36 heavy (non-hydrogen) atoms. The lowest BCUT2D eigenvalue weighted by atomic mass is 10.0. The Morgan fingerprint density at radius 1 is 0.833 bits per heavy atom. The van der Waals surface area contributed by atoms with Crippen molar-refractivity contribution in [2.45, 2.75) is 129 Å². The van der Waals surface area contributed by atoms with Gasteiger partial charge in [0.2, 0.25) is 5.91 Å². The molecular formula is C31H51NO4. The molecule has 0 unspecified atom stereocenters. The fraction of sp³-hybridized carbons (Fsp3) is 0.677. The summed E-state index contributed by atoms with van der Waals surface area (Å²) in [4.78, 5) is 25.0. The maximum atomic E-state index is 12.7. The summed E-state index contributed by atoms with van der Waals surface area (Å²) in [5.74, 6) is -0.583. The number of amides is 1. The summed E-state index contributed by atoms with van der Waals surface area (Å²) in [7, 11) is 0. The van der Waals surface area contributed by atoms with Gasteiger partial charge < -0.3 is 15.2 Å². The Bertz CT molecular complexity index is 704. The number of aliphatic hydroxyl groups is 1. The van der Waals surface area contributed by atoms with Crippen molar-refractivity contribution in [1.82, 2.24) is 5.32 Å². The Morgan fingerprint density at radius 2 is 1.39 bits per heavy atom. The van der Waals surface area contributed by atoms with Crippen LogP contribution in [-0.4, -0.2) is 35.7 Å². The Kier molecular flexibility index (Phi) is 19.6. The van der Waals surface area contributed by atoms with Crippen LogP contribution in [0.1, 0.15) is 127 Å². The largest absolute Gasteiger partial charge is 0.452 e. The van der Waals surface area contributed by atoms with Gasteiger partial charge >= 0.3 is 5.97 Å². The summed E-state index contributed by atoms with van der Waals surface area (Å²) in [6.45, 7) is 4.05. The average Bonchev–Trinajstić information content (AvgIpc) is 2.90. The van der Waals surface area contributed by atoms with Gasteiger partial charge in [-0.3, -0.25) is 4.79 Å². The van der Waals surface area contributed by atoms with Crippen LogP contribution in [0.25, 0.3) is 0 Å². The van der Waals surface area contributed by atoms with Gasteiger partial charge in [-0.1, -0.05) is 115 Å². The molecule has 5 nitrogen and oxygen atoms in total. The second kappa shape index (κ2) is 22.1. The summed E-state index contributed by atoms with van der Waals surface area (Å²) in [6.07, 6.45) is 21.5. The summed E-state index contributed by atoms with van der Waals surface area (Å²) in [5, 5.41) is 12.8. The minimum Gasteiger partial charge on any atom is -0.452 e. The number of unbranched alkanes of at least 4 members (excludes halogenated alkanes) is 13. The standard InChI is InChI=1S/C31H51NO4/c1-3-5-7-8-9-10-11-12-13-14-15-16-21-24-29(36-31(35)27-22-19-17-20-23-27)28(26-33)32-30(34)25-18-6-4-2/h17,19-24,28-29,33H,3-16,18,25-26H2,1-2H3,(H,32,34)/b24-21+/t28-,29+/m0/s1. The molecule has 0 fully saturated rings. The Morgan fingerprint density at radius 3 is 1.97 bits per heavy atom. The zero-order valence-corrected chi connectivity index (χ0v) is 22.9. The molecule has 1 amide bonds. The van der Waals surface area contributed by atoms with Crippen LogP contribution in [-0.2, 0) is 9.53 Å². The summed E-state index contributed by atoms with van der Waals surface area (Å²) in [5.41, 5.74) is 0.451. The van der Waals surface area contributed by atoms with Crippen molar-refractivity contribution in [2.75, 3.05) is 6.61 Å². The van der Waals surface area contributed by atoms with Crippen molar-refractivity contribution in [1.29, 1.82) is 0 Å². The van der Waals surface area contributed by atoms with Crippen LogP contribution in [0.2, 0.25) is 0 Å². The molecule has 0 aliphatic carbocycles. The van der Waals surface area contributed by atoms with Crippen LogP contribution in [0.3, 0.4) is 0 Å². The molecule has 1 aromatic carbocycles. The molecule has 0 bridgehead atoms. The van der Waals surface area contributed by atoms with Crippen molar-refractivity contribution in [3.8, 4) is 0 Å². The van der Waals surface area contributed by atoms with Gasteiger partial charge in [-0.2, -0.15) is 0 Å². The highest BCUT2D eigenvalue weighted by Crippen LogP contribution is 2.13. The molecule has 0 heterocycles. The zero-order chi connectivity index (χ0) is 26.3. The van der Waals surface area contributed by atoms with Crippen LogP contribution in [0.15, 0.2) is 42.5 Å². The van der Waals surface area contributed by atoms with E-state index in [1.54, 1.807) is 24.3 Å². The average molecular weight is 502 g/mol. The molecule has 2 N–H and O–H groups in total. The lowest BCUT2D eigenvalue weighted by Gasteiger charge is -2.24. The van der Waals surface area contributed by atoms with Crippen molar-refractivity contribution in [2.24, 2.45) is 0 Å². The number of hydrogen-bond donors (Lipinski definition) is 2. The maximum Gasteiger partial charge on any atom is 0.338 e. The maximum absolute atomic E-state index is 12.7. The first-order valence-corrected chi connectivity index (χ1v) is 14.4. The number of rotatable bonds is 22. The number of allylic oxidation sites excluding steroid dienone is 1. The fourth-order valence-corrected chi connectivity index (χ4v) is 4.22. The third kappa shape index (κ3) is 15.8. The topological polar surface area (TPSA) is 75.6 Å². The van der Waals surface area contributed by atoms with Crippen LogP contribution in [0, 0.1) is 0 Å². The lowest BCUT2D eigenvalue weighted by Crippen LogP contribution is -2.46. The molecule has 0 spiro atoms. The summed E-state index contributed by atoms with van der Waals surface area (Å²) < 4.78 is 5.72. The number of esters is 1. The second-order valence-corrected chi connectivity index (χ2v) is 9.80. The molecule has 0 radical (unpaired) electrons. The van der Waals surface area contributed by atoms with Crippen molar-refractivity contribution in [3.63, 3.8) is 0 Å². The number of carbonyl (C=O) groups excluding carboxylic acids is 2. The fourth-order valence-electron chi connectivity index (χ4n) is 4.22. The van der Waals surface area contributed by atoms with Gasteiger partial charge in [0.25, 0.3) is 0 Å². The molecule has 0 saturated heterocycles. The van der Waals surface area contributed by atoms with Gasteiger partial charge in [0.15, 0.2) is 0 Å². The highest BCUT2D eigenvalue weighted by atomic mass is 16.5. The number of aliphatic hydroxyl groups excluding tert-OH is 1. The zero-order valence-electron chi connectivity index (χ0n) is 22.9. The molecule has 0 saturated carbocycles. The Hall–Kier alpha value is -2.14. The van der Waals surface area contributed by atoms with E-state index >= 15 is 0 Å². The van der Waals surface area contributed by atoms with E-state index in [0.717, 1.165) is 32.1 Å². The van der Waals surface area contributed by atoms with Gasteiger partial charge in [-0.25, -0.2) is 4.79 Å². The van der Waals surface area contributed by atoms with Crippen LogP contribution in [0.4, 0.5) is 0 Å². The van der Waals surface area contributed by atoms with E-state index in [9.17, 15) is 14.7 Å². The van der Waals surface area contributed by atoms with Crippen molar-refractivity contribution >= 4 is 11.9 Å². The third-order valence-electron chi connectivity index (χ3n) is 6.50. The number of nitrogens with one attached hydrogen (secondary N) is 1. The van der Waals surface area contributed by atoms with Gasteiger partial charge in [0.05, 0.1) is 18.2 Å². The normalized spacial score (nSPS) is 13.0. The first kappa shape index (κ1) is 31.9. The number of hydrogen-bond acceptors (Lipinski definition) is 4. The van der Waals surface area contributed by atoms with Crippen LogP contribution in [0.5, 0.6) is 0 Å². The molecule has 2 atom stereocenters. The van der Waals surface area contributed by atoms with E-state index in [2.05, 4.69) is 19.2 Å². The first-order chi connectivity index (χ1) is 17.6. The number of benzene rings is 1. The van der Waals surface area contributed by atoms with E-state index in [0.29, 0.717) is 12.0 Å². The second-order valence-electron chi connectivity index (χ2n) is 9.80.